The molecule has 1 atom stereocenters. The van der Waals surface area contributed by atoms with Crippen LogP contribution in [0.25, 0.3) is 0 Å². The fourth-order valence-corrected chi connectivity index (χ4v) is 2.53. The number of hydrogen-bond donors (Lipinski definition) is 1. The van der Waals surface area contributed by atoms with E-state index < -0.39 is 0 Å². The number of halogens is 2. The molecule has 0 saturated heterocycles. The van der Waals surface area contributed by atoms with E-state index in [1.165, 1.54) is 12.1 Å². The third kappa shape index (κ3) is 3.58. The number of hydrogen-bond acceptors (Lipinski definition) is 2. The molecule has 2 nitrogen and oxygen atoms in total. The molecule has 2 aromatic rings. The highest BCUT2D eigenvalue weighted by Gasteiger charge is 2.10. The van der Waals surface area contributed by atoms with Crippen LogP contribution in [0.5, 0.6) is 0 Å². The average molecular weight is 338 g/mol. The molecule has 0 aromatic heterocycles. The highest BCUT2D eigenvalue weighted by Crippen LogP contribution is 2.28. The minimum absolute atomic E-state index is 0.0838. The normalized spacial score (nSPS) is 12.2. The van der Waals surface area contributed by atoms with Gasteiger partial charge in [-0.2, -0.15) is 0 Å². The fourth-order valence-electron chi connectivity index (χ4n) is 2.05. The van der Waals surface area contributed by atoms with Crippen LogP contribution in [-0.4, -0.2) is 7.11 Å². The first-order valence-corrected chi connectivity index (χ1v) is 7.19. The minimum atomic E-state index is -0.219. The summed E-state index contributed by atoms with van der Waals surface area (Å²) in [6.45, 7) is 2.57. The summed E-state index contributed by atoms with van der Waals surface area (Å²) in [5.41, 5.74) is 3.12. The van der Waals surface area contributed by atoms with Crippen molar-refractivity contribution in [2.45, 2.75) is 19.6 Å². The van der Waals surface area contributed by atoms with Crippen LogP contribution in [0.1, 0.15) is 24.1 Å². The van der Waals surface area contributed by atoms with E-state index >= 15 is 0 Å². The van der Waals surface area contributed by atoms with Crippen molar-refractivity contribution in [1.82, 2.24) is 0 Å². The summed E-state index contributed by atoms with van der Waals surface area (Å²) >= 11 is 3.53. The Morgan fingerprint density at radius 1 is 1.20 bits per heavy atom. The van der Waals surface area contributed by atoms with E-state index in [0.717, 1.165) is 21.3 Å². The van der Waals surface area contributed by atoms with E-state index in [-0.39, 0.29) is 11.9 Å². The molecule has 0 saturated carbocycles. The van der Waals surface area contributed by atoms with Crippen molar-refractivity contribution in [2.24, 2.45) is 0 Å². The fraction of sp³-hybridized carbons (Fsp3) is 0.250. The molecule has 0 amide bonds. The van der Waals surface area contributed by atoms with E-state index in [1.54, 1.807) is 19.2 Å². The van der Waals surface area contributed by atoms with Crippen LogP contribution in [0.4, 0.5) is 10.1 Å². The lowest BCUT2D eigenvalue weighted by Crippen LogP contribution is -2.09. The Balaban J connectivity index is 2.21. The lowest BCUT2D eigenvalue weighted by atomic mass is 10.1. The molecule has 0 radical (unpaired) electrons. The van der Waals surface area contributed by atoms with Gasteiger partial charge in [-0.25, -0.2) is 4.39 Å². The van der Waals surface area contributed by atoms with Gasteiger partial charge in [-0.3, -0.25) is 0 Å². The third-order valence-corrected chi connectivity index (χ3v) is 3.89. The van der Waals surface area contributed by atoms with E-state index in [0.29, 0.717) is 6.61 Å². The van der Waals surface area contributed by atoms with Crippen LogP contribution in [0.3, 0.4) is 0 Å². The lowest BCUT2D eigenvalue weighted by Gasteiger charge is -2.19. The van der Waals surface area contributed by atoms with Gasteiger partial charge < -0.3 is 10.1 Å². The van der Waals surface area contributed by atoms with Gasteiger partial charge in [0.05, 0.1) is 6.61 Å². The quantitative estimate of drug-likeness (QED) is 0.837. The molecule has 0 bridgehead atoms. The number of ether oxygens (including phenoxy) is 1. The molecule has 0 heterocycles. The van der Waals surface area contributed by atoms with Crippen molar-refractivity contribution in [3.05, 3.63) is 63.9 Å². The maximum absolute atomic E-state index is 13.0. The molecule has 2 rings (SSSR count). The van der Waals surface area contributed by atoms with Crippen LogP contribution in [-0.2, 0) is 11.3 Å². The van der Waals surface area contributed by atoms with Crippen molar-refractivity contribution in [3.8, 4) is 0 Å². The summed E-state index contributed by atoms with van der Waals surface area (Å²) in [6, 6.07) is 12.6. The van der Waals surface area contributed by atoms with Gasteiger partial charge in [0.2, 0.25) is 0 Å². The monoisotopic (exact) mass is 337 g/mol. The predicted molar refractivity (Wildman–Crippen MR) is 83.3 cm³/mol. The molecule has 2 aromatic carbocycles. The molecular weight excluding hydrogens is 321 g/mol. The molecule has 0 aliphatic rings. The number of nitrogens with one attached hydrogen (secondary N) is 1. The van der Waals surface area contributed by atoms with Gasteiger partial charge >= 0.3 is 0 Å². The first-order chi connectivity index (χ1) is 9.61. The van der Waals surface area contributed by atoms with Crippen LogP contribution < -0.4 is 5.32 Å². The Hall–Kier alpha value is -1.39. The summed E-state index contributed by atoms with van der Waals surface area (Å²) in [6.07, 6.45) is 0. The molecule has 20 heavy (non-hydrogen) atoms. The van der Waals surface area contributed by atoms with Crippen molar-refractivity contribution < 1.29 is 9.13 Å². The molecule has 1 unspecified atom stereocenters. The second kappa shape index (κ2) is 6.86. The Labute approximate surface area is 127 Å². The smallest absolute Gasteiger partial charge is 0.123 e. The summed E-state index contributed by atoms with van der Waals surface area (Å²) in [7, 11) is 1.67. The van der Waals surface area contributed by atoms with E-state index in [9.17, 15) is 4.39 Å². The lowest BCUT2D eigenvalue weighted by molar-refractivity contribution is 0.185. The predicted octanol–water partition coefficient (Wildman–Crippen LogP) is 4.91. The molecule has 0 fully saturated rings. The molecule has 0 spiro atoms. The van der Waals surface area contributed by atoms with Gasteiger partial charge in [-0.05, 0) is 36.8 Å². The van der Waals surface area contributed by atoms with Gasteiger partial charge in [0.15, 0.2) is 0 Å². The van der Waals surface area contributed by atoms with Crippen LogP contribution >= 0.6 is 15.9 Å². The van der Waals surface area contributed by atoms with Crippen LogP contribution in [0.2, 0.25) is 0 Å². The molecular formula is C16H17BrFNO. The van der Waals surface area contributed by atoms with Crippen molar-refractivity contribution in [1.29, 1.82) is 0 Å². The number of anilines is 1. The number of rotatable bonds is 5. The molecule has 1 N–H and O–H groups in total. The van der Waals surface area contributed by atoms with Gasteiger partial charge in [0.25, 0.3) is 0 Å². The van der Waals surface area contributed by atoms with Crippen molar-refractivity contribution >= 4 is 21.6 Å². The topological polar surface area (TPSA) is 21.3 Å². The highest BCUT2D eigenvalue weighted by molar-refractivity contribution is 9.10. The van der Waals surface area contributed by atoms with Crippen LogP contribution in [0.15, 0.2) is 46.9 Å². The van der Waals surface area contributed by atoms with E-state index in [2.05, 4.69) is 21.2 Å². The number of methoxy groups -OCH3 is 1. The molecule has 0 aliphatic heterocycles. The zero-order valence-corrected chi connectivity index (χ0v) is 13.1. The standard InChI is InChI=1S/C16H17BrFNO/c1-11(12-6-8-13(18)9-7-12)19-16-5-3-4-15(17)14(16)10-20-2/h3-9,11,19H,10H2,1-2H3. The molecule has 4 heteroatoms. The summed E-state index contributed by atoms with van der Waals surface area (Å²) in [5.74, 6) is -0.219. The Bertz CT molecular complexity index is 571. The second-order valence-electron chi connectivity index (χ2n) is 4.62. The molecule has 0 aliphatic carbocycles. The van der Waals surface area contributed by atoms with Gasteiger partial charge in [-0.1, -0.05) is 34.1 Å². The van der Waals surface area contributed by atoms with Gasteiger partial charge in [0.1, 0.15) is 5.82 Å². The average Bonchev–Trinajstić information content (AvgIpc) is 2.43. The Morgan fingerprint density at radius 2 is 1.90 bits per heavy atom. The first kappa shape index (κ1) is 15.0. The van der Waals surface area contributed by atoms with Crippen molar-refractivity contribution in [3.63, 3.8) is 0 Å². The SMILES string of the molecule is COCc1c(Br)cccc1NC(C)c1ccc(F)cc1. The minimum Gasteiger partial charge on any atom is -0.380 e. The first-order valence-electron chi connectivity index (χ1n) is 6.40. The highest BCUT2D eigenvalue weighted by atomic mass is 79.9. The summed E-state index contributed by atoms with van der Waals surface area (Å²) < 4.78 is 19.2. The van der Waals surface area contributed by atoms with Crippen LogP contribution in [0, 0.1) is 5.82 Å². The Morgan fingerprint density at radius 3 is 2.55 bits per heavy atom. The Kier molecular flexibility index (Phi) is 5.15. The maximum Gasteiger partial charge on any atom is 0.123 e. The van der Waals surface area contributed by atoms with E-state index in [1.807, 2.05) is 25.1 Å². The van der Waals surface area contributed by atoms with E-state index in [4.69, 9.17) is 4.74 Å². The van der Waals surface area contributed by atoms with Gasteiger partial charge in [0, 0.05) is 28.9 Å². The zero-order chi connectivity index (χ0) is 14.5. The maximum atomic E-state index is 13.0. The van der Waals surface area contributed by atoms with Crippen molar-refractivity contribution in [2.75, 3.05) is 12.4 Å². The number of benzene rings is 2. The third-order valence-electron chi connectivity index (χ3n) is 3.15. The summed E-state index contributed by atoms with van der Waals surface area (Å²) in [4.78, 5) is 0. The summed E-state index contributed by atoms with van der Waals surface area (Å²) in [5, 5.41) is 3.44. The largest absolute Gasteiger partial charge is 0.380 e. The molecule has 106 valence electrons. The van der Waals surface area contributed by atoms with Gasteiger partial charge in [-0.15, -0.1) is 0 Å². The second-order valence-corrected chi connectivity index (χ2v) is 5.47. The zero-order valence-electron chi connectivity index (χ0n) is 11.5.